The molecule has 7 heteroatoms. The fourth-order valence-electron chi connectivity index (χ4n) is 2.55. The van der Waals surface area contributed by atoms with Gasteiger partial charge >= 0.3 is 0 Å². The second-order valence-electron chi connectivity index (χ2n) is 6.80. The van der Waals surface area contributed by atoms with E-state index in [4.69, 9.17) is 4.74 Å². The van der Waals surface area contributed by atoms with Crippen molar-refractivity contribution in [2.45, 2.75) is 20.3 Å². The smallest absolute Gasteiger partial charge is 0.263 e. The molecule has 2 N–H and O–H groups in total. The lowest BCUT2D eigenvalue weighted by Crippen LogP contribution is -2.26. The monoisotopic (exact) mass is 341 g/mol. The maximum absolute atomic E-state index is 12.3. The van der Waals surface area contributed by atoms with Crippen molar-refractivity contribution in [1.82, 2.24) is 19.7 Å². The van der Waals surface area contributed by atoms with Crippen molar-refractivity contribution in [2.24, 2.45) is 5.41 Å². The van der Waals surface area contributed by atoms with Crippen LogP contribution in [0.15, 0.2) is 41.3 Å². The van der Waals surface area contributed by atoms with Gasteiger partial charge in [0.05, 0.1) is 11.9 Å². The number of hydrogen-bond donors (Lipinski definition) is 2. The van der Waals surface area contributed by atoms with Crippen molar-refractivity contribution in [3.05, 3.63) is 46.9 Å². The minimum absolute atomic E-state index is 0.0171. The number of methoxy groups -OCH3 is 1. The molecule has 0 atom stereocenters. The average Bonchev–Trinajstić information content (AvgIpc) is 3.04. The molecule has 0 saturated heterocycles. The second kappa shape index (κ2) is 7.06. The third-order valence-corrected chi connectivity index (χ3v) is 4.16. The lowest BCUT2D eigenvalue weighted by molar-refractivity contribution is 0.157. The predicted octanol–water partition coefficient (Wildman–Crippen LogP) is 2.58. The van der Waals surface area contributed by atoms with Gasteiger partial charge in [0.15, 0.2) is 5.65 Å². The summed E-state index contributed by atoms with van der Waals surface area (Å²) in [6.45, 7) is 5.65. The van der Waals surface area contributed by atoms with Crippen LogP contribution in [-0.2, 0) is 4.74 Å². The Morgan fingerprint density at radius 1 is 1.28 bits per heavy atom. The van der Waals surface area contributed by atoms with Crippen LogP contribution in [0.5, 0.6) is 0 Å². The molecule has 7 nitrogen and oxygen atoms in total. The molecule has 0 aliphatic rings. The Hall–Kier alpha value is -2.67. The zero-order chi connectivity index (χ0) is 17.9. The van der Waals surface area contributed by atoms with Crippen LogP contribution in [0.1, 0.15) is 20.3 Å². The summed E-state index contributed by atoms with van der Waals surface area (Å²) in [7, 11) is 1.70. The Labute approximate surface area is 146 Å². The van der Waals surface area contributed by atoms with E-state index in [9.17, 15) is 4.79 Å². The van der Waals surface area contributed by atoms with Crippen molar-refractivity contribution < 1.29 is 4.74 Å². The summed E-state index contributed by atoms with van der Waals surface area (Å²) in [5, 5.41) is 8.00. The maximum Gasteiger partial charge on any atom is 0.263 e. The average molecular weight is 341 g/mol. The molecule has 25 heavy (non-hydrogen) atoms. The number of rotatable bonds is 7. The molecule has 0 saturated carbocycles. The first-order chi connectivity index (χ1) is 12.0. The molecule has 3 rings (SSSR count). The minimum Gasteiger partial charge on any atom is -0.385 e. The second-order valence-corrected chi connectivity index (χ2v) is 6.80. The first kappa shape index (κ1) is 17.2. The van der Waals surface area contributed by atoms with E-state index in [1.165, 1.54) is 0 Å². The first-order valence-corrected chi connectivity index (χ1v) is 8.26. The van der Waals surface area contributed by atoms with Gasteiger partial charge < -0.3 is 10.1 Å². The van der Waals surface area contributed by atoms with Gasteiger partial charge in [0.25, 0.3) is 5.56 Å². The van der Waals surface area contributed by atoms with Crippen LogP contribution in [0.25, 0.3) is 16.7 Å². The van der Waals surface area contributed by atoms with Crippen LogP contribution < -0.4 is 10.9 Å². The van der Waals surface area contributed by atoms with E-state index in [0.717, 1.165) is 12.1 Å². The van der Waals surface area contributed by atoms with Crippen LogP contribution in [0, 0.1) is 5.41 Å². The normalized spacial score (nSPS) is 11.8. The van der Waals surface area contributed by atoms with Crippen molar-refractivity contribution in [3.63, 3.8) is 0 Å². The van der Waals surface area contributed by atoms with Gasteiger partial charge in [-0.05, 0) is 24.0 Å². The summed E-state index contributed by atoms with van der Waals surface area (Å²) in [6, 6.07) is 9.64. The maximum atomic E-state index is 12.3. The Balaban J connectivity index is 1.89. The standard InChI is InChI=1S/C18H23N5O2/c1-18(2,9-10-25-3)12-19-17-21-15-14(16(24)22-17)11-20-23(15)13-7-5-4-6-8-13/h4-8,11H,9-10,12H2,1-3H3,(H2,19,21,22,24). The Bertz CT molecular complexity index is 899. The third kappa shape index (κ3) is 3.88. The summed E-state index contributed by atoms with van der Waals surface area (Å²) in [4.78, 5) is 19.7. The summed E-state index contributed by atoms with van der Waals surface area (Å²) < 4.78 is 6.82. The van der Waals surface area contributed by atoms with E-state index in [0.29, 0.717) is 30.1 Å². The molecule has 0 unspecified atom stereocenters. The third-order valence-electron chi connectivity index (χ3n) is 4.16. The van der Waals surface area contributed by atoms with Crippen molar-refractivity contribution in [1.29, 1.82) is 0 Å². The van der Waals surface area contributed by atoms with Gasteiger partial charge in [-0.3, -0.25) is 9.78 Å². The zero-order valence-electron chi connectivity index (χ0n) is 14.7. The van der Waals surface area contributed by atoms with E-state index >= 15 is 0 Å². The molecule has 2 aromatic heterocycles. The molecule has 0 spiro atoms. The topological polar surface area (TPSA) is 84.8 Å². The number of anilines is 1. The summed E-state index contributed by atoms with van der Waals surface area (Å²) in [5.74, 6) is 0.445. The van der Waals surface area contributed by atoms with Crippen LogP contribution >= 0.6 is 0 Å². The molecule has 0 bridgehead atoms. The number of benzene rings is 1. The molecule has 0 amide bonds. The lowest BCUT2D eigenvalue weighted by atomic mass is 9.90. The summed E-state index contributed by atoms with van der Waals surface area (Å²) in [5.41, 5.74) is 1.21. The van der Waals surface area contributed by atoms with Gasteiger partial charge in [0.2, 0.25) is 5.95 Å². The highest BCUT2D eigenvalue weighted by atomic mass is 16.5. The van der Waals surface area contributed by atoms with E-state index in [2.05, 4.69) is 34.2 Å². The molecule has 0 fully saturated rings. The quantitative estimate of drug-likeness (QED) is 0.690. The number of aromatic amines is 1. The molecular formula is C18H23N5O2. The largest absolute Gasteiger partial charge is 0.385 e. The Morgan fingerprint density at radius 2 is 2.04 bits per heavy atom. The lowest BCUT2D eigenvalue weighted by Gasteiger charge is -2.24. The number of para-hydroxylation sites is 1. The van der Waals surface area contributed by atoms with Crippen LogP contribution in [0.2, 0.25) is 0 Å². The molecule has 0 radical (unpaired) electrons. The number of nitrogens with zero attached hydrogens (tertiary/aromatic N) is 3. The van der Waals surface area contributed by atoms with Crippen LogP contribution in [0.4, 0.5) is 5.95 Å². The van der Waals surface area contributed by atoms with E-state index in [-0.39, 0.29) is 11.0 Å². The van der Waals surface area contributed by atoms with Crippen LogP contribution in [0.3, 0.4) is 0 Å². The fraction of sp³-hybridized carbons (Fsp3) is 0.389. The van der Waals surface area contributed by atoms with Gasteiger partial charge in [-0.15, -0.1) is 0 Å². The van der Waals surface area contributed by atoms with Crippen molar-refractivity contribution >= 4 is 17.0 Å². The molecule has 2 heterocycles. The Kier molecular flexibility index (Phi) is 4.85. The highest BCUT2D eigenvalue weighted by Gasteiger charge is 2.18. The predicted molar refractivity (Wildman–Crippen MR) is 98.2 cm³/mol. The first-order valence-electron chi connectivity index (χ1n) is 8.26. The number of nitrogens with one attached hydrogen (secondary N) is 2. The van der Waals surface area contributed by atoms with Gasteiger partial charge in [-0.1, -0.05) is 32.0 Å². The Morgan fingerprint density at radius 3 is 2.76 bits per heavy atom. The number of H-pyrrole nitrogens is 1. The highest BCUT2D eigenvalue weighted by Crippen LogP contribution is 2.21. The van der Waals surface area contributed by atoms with Gasteiger partial charge in [0, 0.05) is 20.3 Å². The number of ether oxygens (including phenoxy) is 1. The van der Waals surface area contributed by atoms with Gasteiger partial charge in [-0.25, -0.2) is 4.68 Å². The summed E-state index contributed by atoms with van der Waals surface area (Å²) in [6.07, 6.45) is 2.45. The number of hydrogen-bond acceptors (Lipinski definition) is 5. The highest BCUT2D eigenvalue weighted by molar-refractivity contribution is 5.76. The SMILES string of the molecule is COCCC(C)(C)CNc1nc2c(cnn2-c2ccccc2)c(=O)[nH]1. The molecule has 0 aliphatic carbocycles. The molecule has 1 aromatic carbocycles. The van der Waals surface area contributed by atoms with E-state index in [1.54, 1.807) is 18.0 Å². The molecule has 3 aromatic rings. The van der Waals surface area contributed by atoms with Gasteiger partial charge in [-0.2, -0.15) is 10.1 Å². The van der Waals surface area contributed by atoms with Crippen molar-refractivity contribution in [3.8, 4) is 5.69 Å². The van der Waals surface area contributed by atoms with E-state index < -0.39 is 0 Å². The van der Waals surface area contributed by atoms with Crippen molar-refractivity contribution in [2.75, 3.05) is 25.6 Å². The molecular weight excluding hydrogens is 318 g/mol. The molecule has 132 valence electrons. The summed E-state index contributed by atoms with van der Waals surface area (Å²) >= 11 is 0. The molecule has 0 aliphatic heterocycles. The number of aromatic nitrogens is 4. The van der Waals surface area contributed by atoms with E-state index in [1.807, 2.05) is 30.3 Å². The zero-order valence-corrected chi connectivity index (χ0v) is 14.7. The van der Waals surface area contributed by atoms with Crippen LogP contribution in [-0.4, -0.2) is 40.0 Å². The van der Waals surface area contributed by atoms with Gasteiger partial charge in [0.1, 0.15) is 5.39 Å². The minimum atomic E-state index is -0.204. The fourth-order valence-corrected chi connectivity index (χ4v) is 2.55. The number of fused-ring (bicyclic) bond motifs is 1.